The highest BCUT2D eigenvalue weighted by molar-refractivity contribution is 5.93. The number of aliphatic hydroxyl groups excluding tert-OH is 1. The van der Waals surface area contributed by atoms with E-state index in [2.05, 4.69) is 15.3 Å². The number of fused-ring (bicyclic) bond motifs is 2. The maximum Gasteiger partial charge on any atom is 0.254 e. The summed E-state index contributed by atoms with van der Waals surface area (Å²) in [5, 5.41) is 23.0. The third-order valence-corrected chi connectivity index (χ3v) is 7.09. The molecule has 2 saturated carbocycles. The monoisotopic (exact) mass is 430 g/mol. The Kier molecular flexibility index (Phi) is 5.32. The Labute approximate surface area is 185 Å². The summed E-state index contributed by atoms with van der Waals surface area (Å²) in [6.45, 7) is 0. The van der Waals surface area contributed by atoms with Crippen molar-refractivity contribution in [2.24, 2.45) is 17.8 Å². The molecule has 2 heterocycles. The summed E-state index contributed by atoms with van der Waals surface area (Å²) in [6.07, 6.45) is 5.63. The van der Waals surface area contributed by atoms with E-state index in [9.17, 15) is 14.3 Å². The molecule has 5 atom stereocenters. The van der Waals surface area contributed by atoms with E-state index in [4.69, 9.17) is 5.26 Å². The van der Waals surface area contributed by atoms with E-state index in [0.717, 1.165) is 42.1 Å². The van der Waals surface area contributed by atoms with E-state index in [1.54, 1.807) is 30.5 Å². The number of amides is 1. The largest absolute Gasteiger partial charge is 0.383 e. The number of aromatic nitrogens is 2. The SMILES string of the molecule is N#Cc1ccc(NC(=O)C(O)C2C[C@H]3CC(c4ccnc5ccc(F)cc45)C[C@H]3C2)nc1. The molecule has 32 heavy (non-hydrogen) atoms. The maximum atomic E-state index is 13.8. The number of rotatable bonds is 4. The van der Waals surface area contributed by atoms with Crippen LogP contribution in [0, 0.1) is 34.9 Å². The third kappa shape index (κ3) is 3.82. The lowest BCUT2D eigenvalue weighted by molar-refractivity contribution is -0.126. The summed E-state index contributed by atoms with van der Waals surface area (Å²) in [5.41, 5.74) is 2.36. The molecule has 3 aromatic rings. The first-order valence-corrected chi connectivity index (χ1v) is 10.9. The first kappa shape index (κ1) is 20.5. The van der Waals surface area contributed by atoms with E-state index in [1.807, 2.05) is 12.1 Å². The molecule has 2 aromatic heterocycles. The Morgan fingerprint density at radius 3 is 2.59 bits per heavy atom. The van der Waals surface area contributed by atoms with Gasteiger partial charge >= 0.3 is 0 Å². The predicted octanol–water partition coefficient (Wildman–Crippen LogP) is 4.16. The van der Waals surface area contributed by atoms with Gasteiger partial charge in [0.2, 0.25) is 0 Å². The molecule has 2 aliphatic rings. The number of carbonyl (C=O) groups excluding carboxylic acids is 1. The van der Waals surface area contributed by atoms with Gasteiger partial charge in [0.25, 0.3) is 5.91 Å². The molecule has 0 saturated heterocycles. The van der Waals surface area contributed by atoms with Crippen molar-refractivity contribution >= 4 is 22.6 Å². The molecule has 2 aliphatic carbocycles. The van der Waals surface area contributed by atoms with E-state index < -0.39 is 12.0 Å². The van der Waals surface area contributed by atoms with Gasteiger partial charge < -0.3 is 10.4 Å². The number of pyridine rings is 2. The zero-order valence-electron chi connectivity index (χ0n) is 17.4. The highest BCUT2D eigenvalue weighted by Gasteiger charge is 2.45. The van der Waals surface area contributed by atoms with Crippen LogP contribution in [0.1, 0.15) is 42.7 Å². The van der Waals surface area contributed by atoms with Crippen LogP contribution < -0.4 is 5.32 Å². The number of nitrogens with zero attached hydrogens (tertiary/aromatic N) is 3. The first-order valence-electron chi connectivity index (χ1n) is 10.9. The minimum absolute atomic E-state index is 0.0871. The van der Waals surface area contributed by atoms with Crippen molar-refractivity contribution in [3.63, 3.8) is 0 Å². The molecule has 7 heteroatoms. The second kappa shape index (κ2) is 8.29. The van der Waals surface area contributed by atoms with Crippen molar-refractivity contribution < 1.29 is 14.3 Å². The summed E-state index contributed by atoms with van der Waals surface area (Å²) >= 11 is 0. The molecule has 1 amide bonds. The molecule has 2 fully saturated rings. The number of anilines is 1. The van der Waals surface area contributed by atoms with Crippen LogP contribution in [0.3, 0.4) is 0 Å². The van der Waals surface area contributed by atoms with Gasteiger partial charge in [0.05, 0.1) is 11.1 Å². The standard InChI is InChI=1S/C25H23FN4O2/c26-19-2-3-22-21(11-19)20(5-6-28-22)17-7-15-9-18(10-16(15)8-17)24(31)25(32)30-23-4-1-14(12-27)13-29-23/h1-6,11,13,15-18,24,31H,7-10H2,(H,29,30,32)/t15-,16+,17?,18?,24?. The molecule has 0 bridgehead atoms. The van der Waals surface area contributed by atoms with Crippen molar-refractivity contribution in [3.05, 3.63) is 65.7 Å². The summed E-state index contributed by atoms with van der Waals surface area (Å²) in [4.78, 5) is 20.9. The van der Waals surface area contributed by atoms with Crippen molar-refractivity contribution in [2.45, 2.75) is 37.7 Å². The van der Waals surface area contributed by atoms with E-state index >= 15 is 0 Å². The molecular formula is C25H23FN4O2. The Morgan fingerprint density at radius 2 is 1.91 bits per heavy atom. The van der Waals surface area contributed by atoms with Crippen molar-refractivity contribution in [1.82, 2.24) is 9.97 Å². The maximum absolute atomic E-state index is 13.8. The van der Waals surface area contributed by atoms with Crippen LogP contribution in [0.5, 0.6) is 0 Å². The van der Waals surface area contributed by atoms with Gasteiger partial charge in [0.1, 0.15) is 23.8 Å². The molecule has 1 aromatic carbocycles. The Morgan fingerprint density at radius 1 is 1.12 bits per heavy atom. The lowest BCUT2D eigenvalue weighted by atomic mass is 9.89. The van der Waals surface area contributed by atoms with Crippen LogP contribution in [0.4, 0.5) is 10.2 Å². The molecule has 162 valence electrons. The predicted molar refractivity (Wildman–Crippen MR) is 117 cm³/mol. The van der Waals surface area contributed by atoms with Gasteiger partial charge in [-0.3, -0.25) is 9.78 Å². The number of halogens is 1. The van der Waals surface area contributed by atoms with Crippen molar-refractivity contribution in [1.29, 1.82) is 5.26 Å². The van der Waals surface area contributed by atoms with Gasteiger partial charge in [0.15, 0.2) is 0 Å². The minimum atomic E-state index is -1.09. The molecule has 0 radical (unpaired) electrons. The number of hydrogen-bond donors (Lipinski definition) is 2. The van der Waals surface area contributed by atoms with Crippen molar-refractivity contribution in [3.8, 4) is 6.07 Å². The van der Waals surface area contributed by atoms with E-state index in [1.165, 1.54) is 12.3 Å². The third-order valence-electron chi connectivity index (χ3n) is 7.09. The fraction of sp³-hybridized carbons (Fsp3) is 0.360. The summed E-state index contributed by atoms with van der Waals surface area (Å²) < 4.78 is 13.8. The second-order valence-corrected chi connectivity index (χ2v) is 8.96. The number of carbonyl (C=O) groups is 1. The Balaban J connectivity index is 1.23. The van der Waals surface area contributed by atoms with E-state index in [0.29, 0.717) is 29.1 Å². The lowest BCUT2D eigenvalue weighted by Gasteiger charge is -2.20. The van der Waals surface area contributed by atoms with Crippen LogP contribution in [-0.4, -0.2) is 27.1 Å². The normalized spacial score (nSPS) is 25.3. The van der Waals surface area contributed by atoms with Crippen LogP contribution in [0.25, 0.3) is 10.9 Å². The smallest absolute Gasteiger partial charge is 0.254 e. The average molecular weight is 430 g/mol. The minimum Gasteiger partial charge on any atom is -0.383 e. The van der Waals surface area contributed by atoms with Gasteiger partial charge in [-0.2, -0.15) is 5.26 Å². The first-order chi connectivity index (χ1) is 15.5. The highest BCUT2D eigenvalue weighted by Crippen LogP contribution is 2.53. The van der Waals surface area contributed by atoms with Crippen LogP contribution in [-0.2, 0) is 4.79 Å². The topological polar surface area (TPSA) is 98.9 Å². The molecule has 5 rings (SSSR count). The number of aliphatic hydroxyl groups is 1. The Hall–Kier alpha value is -3.37. The summed E-state index contributed by atoms with van der Waals surface area (Å²) in [7, 11) is 0. The molecule has 2 N–H and O–H groups in total. The number of benzene rings is 1. The zero-order valence-corrected chi connectivity index (χ0v) is 17.4. The zero-order chi connectivity index (χ0) is 22.2. The lowest BCUT2D eigenvalue weighted by Crippen LogP contribution is -2.34. The molecular weight excluding hydrogens is 407 g/mol. The molecule has 0 spiro atoms. The van der Waals surface area contributed by atoms with Gasteiger partial charge in [0, 0.05) is 17.8 Å². The second-order valence-electron chi connectivity index (χ2n) is 8.96. The van der Waals surface area contributed by atoms with Gasteiger partial charge in [-0.15, -0.1) is 0 Å². The van der Waals surface area contributed by atoms with E-state index in [-0.39, 0.29) is 11.7 Å². The molecule has 0 aliphatic heterocycles. The summed E-state index contributed by atoms with van der Waals surface area (Å²) in [5.74, 6) is 0.746. The summed E-state index contributed by atoms with van der Waals surface area (Å²) in [6, 6.07) is 11.8. The molecule has 6 nitrogen and oxygen atoms in total. The number of nitrogens with one attached hydrogen (secondary N) is 1. The highest BCUT2D eigenvalue weighted by atomic mass is 19.1. The number of hydrogen-bond acceptors (Lipinski definition) is 5. The van der Waals surface area contributed by atoms with Crippen LogP contribution in [0.15, 0.2) is 48.8 Å². The quantitative estimate of drug-likeness (QED) is 0.648. The number of nitriles is 1. The molecule has 3 unspecified atom stereocenters. The van der Waals surface area contributed by atoms with Crippen LogP contribution >= 0.6 is 0 Å². The Bertz CT molecular complexity index is 1190. The fourth-order valence-electron chi connectivity index (χ4n) is 5.62. The van der Waals surface area contributed by atoms with Gasteiger partial charge in [-0.1, -0.05) is 0 Å². The average Bonchev–Trinajstić information content (AvgIpc) is 3.38. The van der Waals surface area contributed by atoms with Gasteiger partial charge in [-0.05, 0) is 91.3 Å². The van der Waals surface area contributed by atoms with Crippen molar-refractivity contribution in [2.75, 3.05) is 5.32 Å². The fourth-order valence-corrected chi connectivity index (χ4v) is 5.62. The van der Waals surface area contributed by atoms with Gasteiger partial charge in [-0.25, -0.2) is 9.37 Å². The van der Waals surface area contributed by atoms with Crippen LogP contribution in [0.2, 0.25) is 0 Å².